The molecule has 1 aromatic heterocycles. The molecule has 0 saturated carbocycles. The van der Waals surface area contributed by atoms with Crippen molar-refractivity contribution in [3.63, 3.8) is 0 Å². The number of rotatable bonds is 5. The van der Waals surface area contributed by atoms with E-state index in [1.54, 1.807) is 17.0 Å². The number of aromatic nitrogens is 1. The molecule has 1 saturated heterocycles. The van der Waals surface area contributed by atoms with Crippen LogP contribution in [0.2, 0.25) is 0 Å². The SMILES string of the molecule is Cc1csc(Sc2ccc(C(=O)N3CC(CN)CC3C)cc2[N+](=O)[O-])n1. The molecule has 26 heavy (non-hydrogen) atoms. The second-order valence-corrected chi connectivity index (χ2v) is 8.59. The number of amides is 1. The molecular weight excluding hydrogens is 372 g/mol. The number of likely N-dealkylation sites (tertiary alicyclic amines) is 1. The Balaban J connectivity index is 1.86. The number of carbonyl (C=O) groups excluding carboxylic acids is 1. The lowest BCUT2D eigenvalue weighted by Crippen LogP contribution is -2.34. The van der Waals surface area contributed by atoms with Crippen molar-refractivity contribution in [2.45, 2.75) is 35.5 Å². The van der Waals surface area contributed by atoms with Gasteiger partial charge < -0.3 is 10.6 Å². The van der Waals surface area contributed by atoms with Crippen LogP contribution in [0.5, 0.6) is 0 Å². The van der Waals surface area contributed by atoms with Crippen LogP contribution >= 0.6 is 23.1 Å². The van der Waals surface area contributed by atoms with Crippen LogP contribution in [-0.2, 0) is 0 Å². The molecule has 2 unspecified atom stereocenters. The Kier molecular flexibility index (Phi) is 5.59. The molecule has 0 radical (unpaired) electrons. The minimum absolute atomic E-state index is 0.0732. The number of carbonyl (C=O) groups is 1. The van der Waals surface area contributed by atoms with E-state index in [9.17, 15) is 14.9 Å². The normalized spacial score (nSPS) is 19.7. The van der Waals surface area contributed by atoms with Crippen LogP contribution in [-0.4, -0.2) is 39.8 Å². The fourth-order valence-electron chi connectivity index (χ4n) is 3.11. The van der Waals surface area contributed by atoms with Crippen LogP contribution < -0.4 is 5.73 Å². The maximum Gasteiger partial charge on any atom is 0.284 e. The summed E-state index contributed by atoms with van der Waals surface area (Å²) in [6.07, 6.45) is 0.863. The van der Waals surface area contributed by atoms with E-state index in [4.69, 9.17) is 5.73 Å². The second-order valence-electron chi connectivity index (χ2n) is 6.44. The summed E-state index contributed by atoms with van der Waals surface area (Å²) in [6, 6.07) is 4.74. The minimum atomic E-state index is -0.449. The van der Waals surface area contributed by atoms with E-state index in [-0.39, 0.29) is 23.6 Å². The molecule has 0 bridgehead atoms. The maximum atomic E-state index is 12.8. The lowest BCUT2D eigenvalue weighted by molar-refractivity contribution is -0.387. The molecular formula is C17H20N4O3S2. The Morgan fingerprint density at radius 2 is 2.31 bits per heavy atom. The first-order valence-electron chi connectivity index (χ1n) is 8.28. The van der Waals surface area contributed by atoms with Gasteiger partial charge in [0.2, 0.25) is 0 Å². The van der Waals surface area contributed by atoms with Gasteiger partial charge in [-0.2, -0.15) is 0 Å². The van der Waals surface area contributed by atoms with Crippen molar-refractivity contribution in [2.24, 2.45) is 11.7 Å². The molecule has 7 nitrogen and oxygen atoms in total. The van der Waals surface area contributed by atoms with Gasteiger partial charge in [0.05, 0.1) is 9.82 Å². The van der Waals surface area contributed by atoms with Crippen molar-refractivity contribution < 1.29 is 9.72 Å². The summed E-state index contributed by atoms with van der Waals surface area (Å²) in [4.78, 5) is 30.4. The van der Waals surface area contributed by atoms with Crippen molar-refractivity contribution >= 4 is 34.7 Å². The minimum Gasteiger partial charge on any atom is -0.336 e. The Hall–Kier alpha value is -1.97. The summed E-state index contributed by atoms with van der Waals surface area (Å²) >= 11 is 2.69. The lowest BCUT2D eigenvalue weighted by Gasteiger charge is -2.21. The van der Waals surface area contributed by atoms with Gasteiger partial charge in [0.15, 0.2) is 4.34 Å². The zero-order valence-electron chi connectivity index (χ0n) is 14.5. The van der Waals surface area contributed by atoms with E-state index >= 15 is 0 Å². The molecule has 1 aliphatic heterocycles. The van der Waals surface area contributed by atoms with Crippen molar-refractivity contribution in [3.05, 3.63) is 45.0 Å². The number of nitro benzene ring substituents is 1. The van der Waals surface area contributed by atoms with Crippen LogP contribution in [0.4, 0.5) is 5.69 Å². The molecule has 1 fully saturated rings. The highest BCUT2D eigenvalue weighted by atomic mass is 32.2. The largest absolute Gasteiger partial charge is 0.336 e. The highest BCUT2D eigenvalue weighted by molar-refractivity contribution is 8.01. The number of nitro groups is 1. The highest BCUT2D eigenvalue weighted by Crippen LogP contribution is 2.37. The average Bonchev–Trinajstić information content (AvgIpc) is 3.19. The van der Waals surface area contributed by atoms with E-state index < -0.39 is 4.92 Å². The Labute approximate surface area is 159 Å². The van der Waals surface area contributed by atoms with Crippen molar-refractivity contribution in [1.29, 1.82) is 0 Å². The van der Waals surface area contributed by atoms with Gasteiger partial charge in [0, 0.05) is 35.3 Å². The predicted molar refractivity (Wildman–Crippen MR) is 102 cm³/mol. The van der Waals surface area contributed by atoms with Gasteiger partial charge in [-0.05, 0) is 44.9 Å². The van der Waals surface area contributed by atoms with Crippen molar-refractivity contribution in [2.75, 3.05) is 13.1 Å². The second kappa shape index (κ2) is 7.73. The first-order valence-corrected chi connectivity index (χ1v) is 9.98. The third kappa shape index (κ3) is 3.89. The lowest BCUT2D eigenvalue weighted by atomic mass is 10.1. The first-order chi connectivity index (χ1) is 12.4. The zero-order valence-corrected chi connectivity index (χ0v) is 16.2. The van der Waals surface area contributed by atoms with E-state index in [0.717, 1.165) is 16.5 Å². The van der Waals surface area contributed by atoms with Gasteiger partial charge in [-0.3, -0.25) is 14.9 Å². The Morgan fingerprint density at radius 3 is 2.88 bits per heavy atom. The quantitative estimate of drug-likeness (QED) is 0.618. The number of hydrogen-bond donors (Lipinski definition) is 1. The van der Waals surface area contributed by atoms with Gasteiger partial charge in [-0.1, -0.05) is 11.8 Å². The van der Waals surface area contributed by atoms with E-state index in [2.05, 4.69) is 4.98 Å². The summed E-state index contributed by atoms with van der Waals surface area (Å²) < 4.78 is 0.739. The van der Waals surface area contributed by atoms with E-state index in [1.807, 2.05) is 19.2 Å². The summed E-state index contributed by atoms with van der Waals surface area (Å²) in [5, 5.41) is 13.4. The molecule has 2 atom stereocenters. The molecule has 1 amide bonds. The van der Waals surface area contributed by atoms with Gasteiger partial charge in [-0.15, -0.1) is 11.3 Å². The molecule has 2 aromatic rings. The number of aryl methyl sites for hydroxylation is 1. The molecule has 1 aromatic carbocycles. The average molecular weight is 393 g/mol. The summed E-state index contributed by atoms with van der Waals surface area (Å²) in [5.74, 6) is 0.102. The predicted octanol–water partition coefficient (Wildman–Crippen LogP) is 3.32. The molecule has 1 aliphatic rings. The topological polar surface area (TPSA) is 102 Å². The smallest absolute Gasteiger partial charge is 0.284 e. The van der Waals surface area contributed by atoms with Crippen LogP contribution in [0, 0.1) is 23.0 Å². The Bertz CT molecular complexity index is 839. The zero-order chi connectivity index (χ0) is 18.8. The number of benzene rings is 1. The maximum absolute atomic E-state index is 12.8. The fourth-order valence-corrected chi connectivity index (χ4v) is 4.99. The molecule has 9 heteroatoms. The number of thiazole rings is 1. The van der Waals surface area contributed by atoms with Crippen LogP contribution in [0.25, 0.3) is 0 Å². The third-order valence-electron chi connectivity index (χ3n) is 4.45. The highest BCUT2D eigenvalue weighted by Gasteiger charge is 2.33. The molecule has 0 spiro atoms. The van der Waals surface area contributed by atoms with Crippen molar-refractivity contribution in [1.82, 2.24) is 9.88 Å². The van der Waals surface area contributed by atoms with Gasteiger partial charge >= 0.3 is 0 Å². The summed E-state index contributed by atoms with van der Waals surface area (Å²) in [7, 11) is 0. The van der Waals surface area contributed by atoms with Gasteiger partial charge in [-0.25, -0.2) is 4.98 Å². The standard InChI is InChI=1S/C17H20N4O3S2/c1-10-9-25-17(19-10)26-15-4-3-13(6-14(15)21(23)24)16(22)20-8-12(7-18)5-11(20)2/h3-4,6,9,11-12H,5,7-8,18H2,1-2H3. The van der Waals surface area contributed by atoms with Crippen LogP contribution in [0.1, 0.15) is 29.4 Å². The van der Waals surface area contributed by atoms with E-state index in [1.165, 1.54) is 29.2 Å². The van der Waals surface area contributed by atoms with Gasteiger partial charge in [0.1, 0.15) is 0 Å². The molecule has 3 rings (SSSR count). The fraction of sp³-hybridized carbons (Fsp3) is 0.412. The summed E-state index contributed by atoms with van der Waals surface area (Å²) in [6.45, 7) is 5.00. The number of hydrogen-bond acceptors (Lipinski definition) is 7. The molecule has 2 N–H and O–H groups in total. The first kappa shape index (κ1) is 18.8. The third-order valence-corrected chi connectivity index (χ3v) is 6.57. The Morgan fingerprint density at radius 1 is 1.54 bits per heavy atom. The number of nitrogens with two attached hydrogens (primary N) is 1. The molecule has 0 aliphatic carbocycles. The van der Waals surface area contributed by atoms with E-state index in [0.29, 0.717) is 23.5 Å². The van der Waals surface area contributed by atoms with Gasteiger partial charge in [0.25, 0.3) is 11.6 Å². The number of nitrogens with zero attached hydrogens (tertiary/aromatic N) is 3. The summed E-state index contributed by atoms with van der Waals surface area (Å²) in [5.41, 5.74) is 6.86. The van der Waals surface area contributed by atoms with Crippen LogP contribution in [0.15, 0.2) is 32.8 Å². The monoisotopic (exact) mass is 392 g/mol. The van der Waals surface area contributed by atoms with Crippen molar-refractivity contribution in [3.8, 4) is 0 Å². The molecule has 2 heterocycles. The molecule has 138 valence electrons. The van der Waals surface area contributed by atoms with Crippen LogP contribution in [0.3, 0.4) is 0 Å².